The zero-order valence-corrected chi connectivity index (χ0v) is 14.1. The van der Waals surface area contributed by atoms with Gasteiger partial charge in [-0.15, -0.1) is 11.3 Å². The summed E-state index contributed by atoms with van der Waals surface area (Å²) in [5.41, 5.74) is 1.22. The highest BCUT2D eigenvalue weighted by atomic mass is 32.1. The lowest BCUT2D eigenvalue weighted by atomic mass is 10.2. The molecular weight excluding hydrogens is 310 g/mol. The van der Waals surface area contributed by atoms with Gasteiger partial charge in [0.1, 0.15) is 0 Å². The lowest BCUT2D eigenvalue weighted by molar-refractivity contribution is 0.0633. The summed E-state index contributed by atoms with van der Waals surface area (Å²) < 4.78 is 5.11. The minimum atomic E-state index is 0.137. The second kappa shape index (κ2) is 7.68. The van der Waals surface area contributed by atoms with Crippen LogP contribution in [-0.2, 0) is 17.9 Å². The van der Waals surface area contributed by atoms with E-state index in [-0.39, 0.29) is 5.91 Å². The smallest absolute Gasteiger partial charge is 0.264 e. The van der Waals surface area contributed by atoms with E-state index in [4.69, 9.17) is 4.74 Å². The molecule has 2 aromatic rings. The maximum atomic E-state index is 12.5. The summed E-state index contributed by atoms with van der Waals surface area (Å²) in [6.45, 7) is 4.81. The normalized spacial score (nSPS) is 15.8. The molecule has 0 N–H and O–H groups in total. The van der Waals surface area contributed by atoms with Crippen LogP contribution in [0.1, 0.15) is 20.1 Å². The molecule has 6 heteroatoms. The number of amides is 1. The van der Waals surface area contributed by atoms with Crippen LogP contribution in [0.25, 0.3) is 0 Å². The number of hydrogen-bond acceptors (Lipinski definition) is 5. The lowest BCUT2D eigenvalue weighted by Crippen LogP contribution is -2.48. The average Bonchev–Trinajstić information content (AvgIpc) is 3.05. The summed E-state index contributed by atoms with van der Waals surface area (Å²) in [4.78, 5) is 22.9. The van der Waals surface area contributed by atoms with Gasteiger partial charge in [0.05, 0.1) is 11.5 Å². The predicted octanol–water partition coefficient (Wildman–Crippen LogP) is 2.25. The van der Waals surface area contributed by atoms with Crippen molar-refractivity contribution in [2.24, 2.45) is 0 Å². The van der Waals surface area contributed by atoms with Crippen LogP contribution in [0.3, 0.4) is 0 Å². The number of pyridine rings is 1. The van der Waals surface area contributed by atoms with Crippen LogP contribution in [0.5, 0.6) is 0 Å². The molecular formula is C17H21N3O2S. The summed E-state index contributed by atoms with van der Waals surface area (Å²) in [5, 5.41) is 0. The zero-order valence-electron chi connectivity index (χ0n) is 13.3. The molecule has 0 radical (unpaired) electrons. The first kappa shape index (κ1) is 16.1. The molecule has 0 saturated carbocycles. The van der Waals surface area contributed by atoms with E-state index in [0.717, 1.165) is 42.5 Å². The topological polar surface area (TPSA) is 45.7 Å². The van der Waals surface area contributed by atoms with Gasteiger partial charge < -0.3 is 9.64 Å². The van der Waals surface area contributed by atoms with Crippen molar-refractivity contribution in [1.29, 1.82) is 0 Å². The third kappa shape index (κ3) is 4.16. The van der Waals surface area contributed by atoms with Crippen LogP contribution in [0.2, 0.25) is 0 Å². The van der Waals surface area contributed by atoms with E-state index in [9.17, 15) is 4.79 Å². The first-order valence-corrected chi connectivity index (χ1v) is 8.56. The second-order valence-electron chi connectivity index (χ2n) is 5.63. The number of nitrogens with zero attached hydrogens (tertiary/aromatic N) is 3. The van der Waals surface area contributed by atoms with Crippen molar-refractivity contribution >= 4 is 17.2 Å². The highest BCUT2D eigenvalue weighted by Crippen LogP contribution is 2.20. The first-order valence-electron chi connectivity index (χ1n) is 7.74. The van der Waals surface area contributed by atoms with Crippen molar-refractivity contribution in [3.05, 3.63) is 52.0 Å². The van der Waals surface area contributed by atoms with E-state index in [1.54, 1.807) is 13.3 Å². The van der Waals surface area contributed by atoms with Crippen molar-refractivity contribution in [2.75, 3.05) is 33.3 Å². The predicted molar refractivity (Wildman–Crippen MR) is 90.4 cm³/mol. The fourth-order valence-corrected chi connectivity index (χ4v) is 3.68. The van der Waals surface area contributed by atoms with Crippen LogP contribution in [0.15, 0.2) is 36.7 Å². The Morgan fingerprint density at radius 1 is 1.26 bits per heavy atom. The maximum Gasteiger partial charge on any atom is 0.264 e. The summed E-state index contributed by atoms with van der Waals surface area (Å²) >= 11 is 1.52. The average molecular weight is 331 g/mol. The van der Waals surface area contributed by atoms with Crippen LogP contribution in [0.4, 0.5) is 0 Å². The first-order chi connectivity index (χ1) is 11.3. The quantitative estimate of drug-likeness (QED) is 0.843. The molecule has 0 aliphatic carbocycles. The zero-order chi connectivity index (χ0) is 16.1. The molecule has 0 aromatic carbocycles. The molecule has 23 heavy (non-hydrogen) atoms. The van der Waals surface area contributed by atoms with Crippen molar-refractivity contribution in [1.82, 2.24) is 14.8 Å². The summed E-state index contributed by atoms with van der Waals surface area (Å²) in [6.07, 6.45) is 3.69. The number of piperazine rings is 1. The summed E-state index contributed by atoms with van der Waals surface area (Å²) in [6, 6.07) is 7.93. The van der Waals surface area contributed by atoms with Gasteiger partial charge in [0.15, 0.2) is 0 Å². The molecule has 1 saturated heterocycles. The summed E-state index contributed by atoms with van der Waals surface area (Å²) in [7, 11) is 1.67. The van der Waals surface area contributed by atoms with E-state index < -0.39 is 0 Å². The highest BCUT2D eigenvalue weighted by Gasteiger charge is 2.23. The SMILES string of the molecule is COCc1ccc(C(=O)N2CCN(Cc3cccnc3)CC2)s1. The number of hydrogen-bond donors (Lipinski definition) is 0. The molecule has 0 unspecified atom stereocenters. The van der Waals surface area contributed by atoms with Crippen molar-refractivity contribution in [2.45, 2.75) is 13.2 Å². The number of rotatable bonds is 5. The Bertz CT molecular complexity index is 636. The van der Waals surface area contributed by atoms with Crippen molar-refractivity contribution in [3.8, 4) is 0 Å². The number of aromatic nitrogens is 1. The monoisotopic (exact) mass is 331 g/mol. The molecule has 0 atom stereocenters. The number of ether oxygens (including phenoxy) is 1. The molecule has 2 aromatic heterocycles. The molecule has 1 fully saturated rings. The molecule has 1 aliphatic heterocycles. The van der Waals surface area contributed by atoms with Gasteiger partial charge in [-0.1, -0.05) is 6.07 Å². The van der Waals surface area contributed by atoms with E-state index >= 15 is 0 Å². The molecule has 1 amide bonds. The number of methoxy groups -OCH3 is 1. The standard InChI is InChI=1S/C17H21N3O2S/c1-22-13-15-4-5-16(23-15)17(21)20-9-7-19(8-10-20)12-14-3-2-6-18-11-14/h2-6,11H,7-10,12-13H2,1H3. The van der Waals surface area contributed by atoms with E-state index in [1.165, 1.54) is 16.9 Å². The molecule has 5 nitrogen and oxygen atoms in total. The minimum Gasteiger partial charge on any atom is -0.379 e. The Kier molecular flexibility index (Phi) is 5.38. The lowest BCUT2D eigenvalue weighted by Gasteiger charge is -2.34. The van der Waals surface area contributed by atoms with E-state index in [1.807, 2.05) is 29.3 Å². The Hall–Kier alpha value is -1.76. The van der Waals surface area contributed by atoms with Gasteiger partial charge in [-0.25, -0.2) is 0 Å². The highest BCUT2D eigenvalue weighted by molar-refractivity contribution is 7.14. The van der Waals surface area contributed by atoms with Crippen LogP contribution in [-0.4, -0.2) is 54.0 Å². The molecule has 0 bridgehead atoms. The fourth-order valence-electron chi connectivity index (χ4n) is 2.73. The van der Waals surface area contributed by atoms with Gasteiger partial charge in [-0.2, -0.15) is 0 Å². The van der Waals surface area contributed by atoms with Gasteiger partial charge in [-0.05, 0) is 23.8 Å². The number of carbonyl (C=O) groups excluding carboxylic acids is 1. The Morgan fingerprint density at radius 3 is 2.78 bits per heavy atom. The van der Waals surface area contributed by atoms with Gasteiger partial charge >= 0.3 is 0 Å². The van der Waals surface area contributed by atoms with Gasteiger partial charge in [0.2, 0.25) is 0 Å². The largest absolute Gasteiger partial charge is 0.379 e. The van der Waals surface area contributed by atoms with Gasteiger partial charge in [-0.3, -0.25) is 14.7 Å². The third-order valence-corrected chi connectivity index (χ3v) is 4.99. The molecule has 3 rings (SSSR count). The van der Waals surface area contributed by atoms with Crippen molar-refractivity contribution in [3.63, 3.8) is 0 Å². The van der Waals surface area contributed by atoms with Crippen molar-refractivity contribution < 1.29 is 9.53 Å². The molecule has 122 valence electrons. The van der Waals surface area contributed by atoms with E-state index in [2.05, 4.69) is 16.0 Å². The minimum absolute atomic E-state index is 0.137. The Labute approximate surface area is 140 Å². The molecule has 0 spiro atoms. The maximum absolute atomic E-state index is 12.5. The number of thiophene rings is 1. The Balaban J connectivity index is 1.52. The summed E-state index contributed by atoms with van der Waals surface area (Å²) in [5.74, 6) is 0.137. The van der Waals surface area contributed by atoms with E-state index in [0.29, 0.717) is 6.61 Å². The van der Waals surface area contributed by atoms with Gasteiger partial charge in [0, 0.05) is 57.1 Å². The number of carbonyl (C=O) groups is 1. The second-order valence-corrected chi connectivity index (χ2v) is 6.80. The third-order valence-electron chi connectivity index (χ3n) is 3.95. The molecule has 1 aliphatic rings. The fraction of sp³-hybridized carbons (Fsp3) is 0.412. The van der Waals surface area contributed by atoms with Gasteiger partial charge in [0.25, 0.3) is 5.91 Å². The Morgan fingerprint density at radius 2 is 2.09 bits per heavy atom. The molecule has 3 heterocycles. The van der Waals surface area contributed by atoms with Crippen LogP contribution in [0, 0.1) is 0 Å². The van der Waals surface area contributed by atoms with Crippen LogP contribution >= 0.6 is 11.3 Å². The van der Waals surface area contributed by atoms with Crippen LogP contribution < -0.4 is 0 Å².